The van der Waals surface area contributed by atoms with Gasteiger partial charge in [-0.2, -0.15) is 13.2 Å². The third-order valence-electron chi connectivity index (χ3n) is 2.66. The summed E-state index contributed by atoms with van der Waals surface area (Å²) in [6.07, 6.45) is -7.62. The molecular formula is C11H12F3N3O3. The van der Waals surface area contributed by atoms with Crippen molar-refractivity contribution in [1.29, 1.82) is 0 Å². The van der Waals surface area contributed by atoms with E-state index in [2.05, 4.69) is 10.0 Å². The van der Waals surface area contributed by atoms with Crippen LogP contribution in [0, 0.1) is 0 Å². The first-order chi connectivity index (χ1) is 9.31. The van der Waals surface area contributed by atoms with Crippen LogP contribution in [0.5, 0.6) is 0 Å². The van der Waals surface area contributed by atoms with Gasteiger partial charge in [0.2, 0.25) is 0 Å². The van der Waals surface area contributed by atoms with Crippen molar-refractivity contribution < 1.29 is 28.5 Å². The molecule has 0 saturated carbocycles. The average molecular weight is 291 g/mol. The van der Waals surface area contributed by atoms with Crippen LogP contribution in [0.2, 0.25) is 0 Å². The summed E-state index contributed by atoms with van der Waals surface area (Å²) < 4.78 is 37.5. The van der Waals surface area contributed by atoms with Crippen LogP contribution in [0.15, 0.2) is 23.3 Å². The maximum absolute atomic E-state index is 12.5. The smallest absolute Gasteiger partial charge is 0.392 e. The van der Waals surface area contributed by atoms with Gasteiger partial charge in [0.05, 0.1) is 24.8 Å². The van der Waals surface area contributed by atoms with Gasteiger partial charge in [0.25, 0.3) is 0 Å². The number of aliphatic hydroxyl groups is 3. The van der Waals surface area contributed by atoms with Crippen molar-refractivity contribution in [3.8, 4) is 0 Å². The lowest BCUT2D eigenvalue weighted by molar-refractivity contribution is -0.137. The Labute approximate surface area is 111 Å². The monoisotopic (exact) mass is 291 g/mol. The van der Waals surface area contributed by atoms with Gasteiger partial charge in [-0.15, -0.1) is 0 Å². The first-order valence-electron chi connectivity index (χ1n) is 5.49. The Balaban J connectivity index is 3.09. The number of alkyl halides is 3. The maximum atomic E-state index is 12.5. The molecule has 1 aromatic carbocycles. The van der Waals surface area contributed by atoms with Gasteiger partial charge in [0, 0.05) is 4.91 Å². The Bertz CT molecular complexity index is 515. The molecule has 20 heavy (non-hydrogen) atoms. The molecule has 110 valence electrons. The lowest BCUT2D eigenvalue weighted by atomic mass is 9.96. The largest absolute Gasteiger partial charge is 0.416 e. The Morgan fingerprint density at radius 2 is 1.95 bits per heavy atom. The second kappa shape index (κ2) is 6.58. The maximum Gasteiger partial charge on any atom is 0.416 e. The summed E-state index contributed by atoms with van der Waals surface area (Å²) in [4.78, 5) is 2.40. The van der Waals surface area contributed by atoms with E-state index in [0.29, 0.717) is 6.07 Å². The Morgan fingerprint density at radius 1 is 1.30 bits per heavy atom. The molecule has 3 N–H and O–H groups in total. The number of halogens is 3. The fourth-order valence-electron chi connectivity index (χ4n) is 1.63. The van der Waals surface area contributed by atoms with Crippen molar-refractivity contribution in [3.63, 3.8) is 0 Å². The first kappa shape index (κ1) is 16.3. The van der Waals surface area contributed by atoms with E-state index in [-0.39, 0.29) is 11.1 Å². The van der Waals surface area contributed by atoms with Gasteiger partial charge >= 0.3 is 6.18 Å². The summed E-state index contributed by atoms with van der Waals surface area (Å²) in [5.74, 6) is 0. The van der Waals surface area contributed by atoms with Crippen LogP contribution in [0.25, 0.3) is 10.4 Å². The summed E-state index contributed by atoms with van der Waals surface area (Å²) >= 11 is 0. The molecule has 1 rings (SSSR count). The number of hydrogen-bond acceptors (Lipinski definition) is 4. The molecule has 0 aliphatic rings. The molecule has 0 aliphatic heterocycles. The topological polar surface area (TPSA) is 109 Å². The normalized spacial score (nSPS) is 14.5. The molecule has 6 nitrogen and oxygen atoms in total. The molecule has 0 amide bonds. The fourth-order valence-corrected chi connectivity index (χ4v) is 1.63. The van der Waals surface area contributed by atoms with Crippen LogP contribution < -0.4 is 0 Å². The number of benzene rings is 1. The zero-order valence-electron chi connectivity index (χ0n) is 10.1. The van der Waals surface area contributed by atoms with Gasteiger partial charge in [-0.25, -0.2) is 0 Å². The zero-order chi connectivity index (χ0) is 15.3. The van der Waals surface area contributed by atoms with Crippen LogP contribution >= 0.6 is 0 Å². The predicted octanol–water partition coefficient (Wildman–Crippen LogP) is 1.90. The predicted molar refractivity (Wildman–Crippen MR) is 62.3 cm³/mol. The van der Waals surface area contributed by atoms with Crippen molar-refractivity contribution in [2.75, 3.05) is 6.54 Å². The number of rotatable bonds is 5. The molecule has 0 bridgehead atoms. The van der Waals surface area contributed by atoms with Gasteiger partial charge in [0.15, 0.2) is 0 Å². The molecule has 0 saturated heterocycles. The summed E-state index contributed by atoms with van der Waals surface area (Å²) in [5.41, 5.74) is 6.91. The van der Waals surface area contributed by atoms with E-state index in [0.717, 1.165) is 12.1 Å². The SMILES string of the molecule is [N-]=[N+]=NCC(O)C(O)c1ccc(C(F)(F)F)cc1CO. The minimum Gasteiger partial charge on any atom is -0.392 e. The van der Waals surface area contributed by atoms with Crippen LogP contribution in [-0.4, -0.2) is 28.0 Å². The Kier molecular flexibility index (Phi) is 5.34. The molecule has 0 aliphatic carbocycles. The molecule has 2 unspecified atom stereocenters. The summed E-state index contributed by atoms with van der Waals surface area (Å²) in [6, 6.07) is 2.40. The van der Waals surface area contributed by atoms with E-state index in [9.17, 15) is 23.4 Å². The van der Waals surface area contributed by atoms with Crippen molar-refractivity contribution in [2.45, 2.75) is 25.0 Å². The van der Waals surface area contributed by atoms with Gasteiger partial charge in [0.1, 0.15) is 6.10 Å². The van der Waals surface area contributed by atoms with Gasteiger partial charge in [-0.05, 0) is 28.8 Å². The van der Waals surface area contributed by atoms with E-state index in [1.807, 2.05) is 0 Å². The van der Waals surface area contributed by atoms with Crippen molar-refractivity contribution in [3.05, 3.63) is 45.3 Å². The van der Waals surface area contributed by atoms with E-state index < -0.39 is 37.1 Å². The Morgan fingerprint density at radius 3 is 2.45 bits per heavy atom. The third-order valence-corrected chi connectivity index (χ3v) is 2.66. The van der Waals surface area contributed by atoms with E-state index >= 15 is 0 Å². The molecular weight excluding hydrogens is 279 g/mol. The molecule has 2 atom stereocenters. The van der Waals surface area contributed by atoms with Crippen LogP contribution in [-0.2, 0) is 12.8 Å². The molecule has 0 radical (unpaired) electrons. The zero-order valence-corrected chi connectivity index (χ0v) is 10.1. The molecule has 9 heteroatoms. The number of hydrogen-bond donors (Lipinski definition) is 3. The lowest BCUT2D eigenvalue weighted by Crippen LogP contribution is -2.22. The highest BCUT2D eigenvalue weighted by atomic mass is 19.4. The lowest BCUT2D eigenvalue weighted by Gasteiger charge is -2.20. The van der Waals surface area contributed by atoms with Crippen LogP contribution in [0.3, 0.4) is 0 Å². The minimum atomic E-state index is -4.57. The van der Waals surface area contributed by atoms with Crippen molar-refractivity contribution >= 4 is 0 Å². The molecule has 0 aromatic heterocycles. The van der Waals surface area contributed by atoms with Gasteiger partial charge in [-0.1, -0.05) is 11.2 Å². The van der Waals surface area contributed by atoms with E-state index in [1.165, 1.54) is 0 Å². The summed E-state index contributed by atoms with van der Waals surface area (Å²) in [6.45, 7) is -1.17. The molecule has 1 aromatic rings. The first-order valence-corrected chi connectivity index (χ1v) is 5.49. The minimum absolute atomic E-state index is 0.0545. The highest BCUT2D eigenvalue weighted by molar-refractivity contribution is 5.35. The third kappa shape index (κ3) is 3.84. The van der Waals surface area contributed by atoms with E-state index in [4.69, 9.17) is 10.6 Å². The number of azide groups is 1. The van der Waals surface area contributed by atoms with Gasteiger partial charge < -0.3 is 15.3 Å². The van der Waals surface area contributed by atoms with E-state index in [1.54, 1.807) is 0 Å². The van der Waals surface area contributed by atoms with Crippen molar-refractivity contribution in [1.82, 2.24) is 0 Å². The Hall–Kier alpha value is -1.80. The van der Waals surface area contributed by atoms with Crippen LogP contribution in [0.4, 0.5) is 13.2 Å². The second-order valence-corrected chi connectivity index (χ2v) is 4.00. The fraction of sp³-hybridized carbons (Fsp3) is 0.455. The van der Waals surface area contributed by atoms with Crippen molar-refractivity contribution in [2.24, 2.45) is 5.11 Å². The second-order valence-electron chi connectivity index (χ2n) is 4.00. The van der Waals surface area contributed by atoms with Gasteiger partial charge in [-0.3, -0.25) is 0 Å². The quantitative estimate of drug-likeness (QED) is 0.438. The highest BCUT2D eigenvalue weighted by Crippen LogP contribution is 2.32. The summed E-state index contributed by atoms with van der Waals surface area (Å²) in [5, 5.41) is 31.5. The van der Waals surface area contributed by atoms with Crippen LogP contribution in [0.1, 0.15) is 22.8 Å². The summed E-state index contributed by atoms with van der Waals surface area (Å²) in [7, 11) is 0. The highest BCUT2D eigenvalue weighted by Gasteiger charge is 2.32. The molecule has 0 spiro atoms. The number of nitrogens with zero attached hydrogens (tertiary/aromatic N) is 3. The standard InChI is InChI=1S/C11H12F3N3O3/c12-11(13,14)7-1-2-8(6(3-7)5-18)10(20)9(19)4-16-17-15/h1-3,9-10,18-20H,4-5H2. The molecule has 0 heterocycles. The molecule has 0 fully saturated rings. The number of aliphatic hydroxyl groups excluding tert-OH is 3. The average Bonchev–Trinajstić information content (AvgIpc) is 2.42.